The molecule has 0 saturated carbocycles. The number of anilines is 1. The van der Waals surface area contributed by atoms with Gasteiger partial charge in [-0.15, -0.1) is 5.10 Å². The predicted molar refractivity (Wildman–Crippen MR) is 126 cm³/mol. The number of likely N-dealkylation sites (tertiary alicyclic amines) is 1. The van der Waals surface area contributed by atoms with Crippen LogP contribution in [0.15, 0.2) is 55.1 Å². The number of hydrogen-bond donors (Lipinski definition) is 2. The highest BCUT2D eigenvalue weighted by molar-refractivity contribution is 6.37. The Morgan fingerprint density at radius 3 is 2.65 bits per heavy atom. The first-order valence-corrected chi connectivity index (χ1v) is 11.2. The Morgan fingerprint density at radius 1 is 1.15 bits per heavy atom. The van der Waals surface area contributed by atoms with Crippen LogP contribution < -0.4 is 10.1 Å². The van der Waals surface area contributed by atoms with Crippen molar-refractivity contribution in [1.82, 2.24) is 29.6 Å². The average Bonchev–Trinajstić information content (AvgIpc) is 3.22. The van der Waals surface area contributed by atoms with Crippen molar-refractivity contribution >= 4 is 46.0 Å². The number of β-amino-alcohol motifs (C(OH)–C–C–N with tert-alkyl or cyclic N) is 1. The van der Waals surface area contributed by atoms with Crippen LogP contribution in [0.5, 0.6) is 5.88 Å². The highest BCUT2D eigenvalue weighted by Gasteiger charge is 2.32. The Morgan fingerprint density at radius 2 is 1.94 bits per heavy atom. The van der Waals surface area contributed by atoms with E-state index in [0.29, 0.717) is 45.7 Å². The van der Waals surface area contributed by atoms with Gasteiger partial charge in [0.1, 0.15) is 23.2 Å². The van der Waals surface area contributed by atoms with Crippen molar-refractivity contribution in [2.75, 3.05) is 25.0 Å². The summed E-state index contributed by atoms with van der Waals surface area (Å²) in [5.41, 5.74) is 0.845. The molecule has 1 aliphatic heterocycles. The number of rotatable bonds is 7. The summed E-state index contributed by atoms with van der Waals surface area (Å²) in [6, 6.07) is 10.4. The summed E-state index contributed by atoms with van der Waals surface area (Å²) in [4.78, 5) is 27.5. The molecule has 1 atom stereocenters. The minimum atomic E-state index is -0.931. The zero-order valence-corrected chi connectivity index (χ0v) is 19.2. The maximum atomic E-state index is 13.1. The number of carbonyl (C=O) groups excluding carboxylic acids is 1. The van der Waals surface area contributed by atoms with E-state index < -0.39 is 18.1 Å². The van der Waals surface area contributed by atoms with Gasteiger partial charge in [-0.25, -0.2) is 19.6 Å². The molecule has 0 radical (unpaired) electrons. The van der Waals surface area contributed by atoms with Crippen molar-refractivity contribution in [3.8, 4) is 11.6 Å². The Balaban J connectivity index is 1.45. The molecule has 0 spiro atoms. The molecule has 1 amide bonds. The maximum Gasteiger partial charge on any atom is 0.268 e. The quantitative estimate of drug-likeness (QED) is 0.398. The van der Waals surface area contributed by atoms with Crippen LogP contribution in [-0.2, 0) is 4.79 Å². The molecule has 0 bridgehead atoms. The number of nitrogens with zero attached hydrogens (tertiary/aromatic N) is 6. The lowest BCUT2D eigenvalue weighted by molar-refractivity contribution is -0.125. The van der Waals surface area contributed by atoms with Gasteiger partial charge in [0.2, 0.25) is 5.88 Å². The first-order chi connectivity index (χ1) is 16.5. The van der Waals surface area contributed by atoms with E-state index in [1.807, 2.05) is 4.90 Å². The molecule has 10 nitrogen and oxygen atoms in total. The Kier molecular flexibility index (Phi) is 6.29. The third kappa shape index (κ3) is 4.66. The Labute approximate surface area is 204 Å². The molecule has 0 unspecified atom stereocenters. The molecule has 1 saturated heterocycles. The van der Waals surface area contributed by atoms with Gasteiger partial charge in [-0.2, -0.15) is 0 Å². The number of aliphatic hydroxyl groups is 1. The molecule has 1 fully saturated rings. The van der Waals surface area contributed by atoms with Gasteiger partial charge in [0.15, 0.2) is 11.8 Å². The molecule has 2 N–H and O–H groups in total. The van der Waals surface area contributed by atoms with Crippen LogP contribution in [0.1, 0.15) is 0 Å². The van der Waals surface area contributed by atoms with E-state index in [-0.39, 0.29) is 12.4 Å². The van der Waals surface area contributed by atoms with Crippen molar-refractivity contribution in [2.45, 2.75) is 12.2 Å². The number of fused-ring (bicyclic) bond motifs is 1. The molecule has 12 heteroatoms. The normalized spacial score (nSPS) is 15.1. The minimum absolute atomic E-state index is 0.182. The van der Waals surface area contributed by atoms with Gasteiger partial charge < -0.3 is 15.2 Å². The van der Waals surface area contributed by atoms with Gasteiger partial charge in [0.25, 0.3) is 5.91 Å². The third-order valence-corrected chi connectivity index (χ3v) is 5.88. The van der Waals surface area contributed by atoms with Crippen molar-refractivity contribution in [3.05, 3.63) is 65.2 Å². The molecule has 5 rings (SSSR count). The van der Waals surface area contributed by atoms with Crippen molar-refractivity contribution in [1.29, 1.82) is 0 Å². The monoisotopic (exact) mass is 499 g/mol. The van der Waals surface area contributed by atoms with Gasteiger partial charge in [-0.1, -0.05) is 35.3 Å². The molecule has 34 heavy (non-hydrogen) atoms. The first kappa shape index (κ1) is 22.5. The smallest absolute Gasteiger partial charge is 0.268 e. The summed E-state index contributed by atoms with van der Waals surface area (Å²) in [6.45, 7) is 1.17. The van der Waals surface area contributed by atoms with Crippen LogP contribution in [0.4, 0.5) is 5.82 Å². The topological polar surface area (TPSA) is 118 Å². The van der Waals surface area contributed by atoms with Gasteiger partial charge in [-0.05, 0) is 24.3 Å². The number of pyridine rings is 1. The molecule has 3 aromatic heterocycles. The summed E-state index contributed by atoms with van der Waals surface area (Å²) < 4.78 is 7.59. The van der Waals surface area contributed by atoms with Crippen molar-refractivity contribution in [2.24, 2.45) is 0 Å². The van der Waals surface area contributed by atoms with Gasteiger partial charge >= 0.3 is 0 Å². The van der Waals surface area contributed by atoms with Crippen LogP contribution in [0.2, 0.25) is 10.0 Å². The summed E-state index contributed by atoms with van der Waals surface area (Å²) in [5.74, 6) is 0.189. The number of aliphatic hydroxyl groups excluding tert-OH is 1. The van der Waals surface area contributed by atoms with Crippen LogP contribution in [0, 0.1) is 0 Å². The lowest BCUT2D eigenvalue weighted by Gasteiger charge is -2.37. The highest BCUT2D eigenvalue weighted by Crippen LogP contribution is 2.30. The fourth-order valence-corrected chi connectivity index (χ4v) is 4.18. The SMILES string of the molecule is O=C(Nc1ccccn1)[C@H](CN1CC(O)C1)Oc1ncnc2nn(-c3c(Cl)cccc3Cl)cc12. The summed E-state index contributed by atoms with van der Waals surface area (Å²) in [6.07, 6.45) is 3.20. The van der Waals surface area contributed by atoms with E-state index in [2.05, 4.69) is 25.4 Å². The largest absolute Gasteiger partial charge is 0.462 e. The minimum Gasteiger partial charge on any atom is -0.462 e. The molecular formula is C22H19Cl2N7O3. The molecule has 174 valence electrons. The maximum absolute atomic E-state index is 13.1. The average molecular weight is 500 g/mol. The van der Waals surface area contributed by atoms with E-state index in [1.54, 1.807) is 48.8 Å². The van der Waals surface area contributed by atoms with Crippen LogP contribution in [0.25, 0.3) is 16.7 Å². The number of amides is 1. The first-order valence-electron chi connectivity index (χ1n) is 10.4. The fraction of sp³-hybridized carbons (Fsp3) is 0.227. The number of nitrogens with one attached hydrogen (secondary N) is 1. The zero-order valence-electron chi connectivity index (χ0n) is 17.7. The Bertz CT molecular complexity index is 1310. The van der Waals surface area contributed by atoms with E-state index in [9.17, 15) is 9.90 Å². The fourth-order valence-electron chi connectivity index (χ4n) is 3.61. The molecule has 1 aromatic carbocycles. The number of halogens is 2. The van der Waals surface area contributed by atoms with Gasteiger partial charge in [0.05, 0.1) is 16.1 Å². The third-order valence-electron chi connectivity index (χ3n) is 5.27. The lowest BCUT2D eigenvalue weighted by Crippen LogP contribution is -2.55. The van der Waals surface area contributed by atoms with E-state index in [1.165, 1.54) is 11.0 Å². The molecule has 1 aliphatic rings. The van der Waals surface area contributed by atoms with Gasteiger partial charge in [0, 0.05) is 32.0 Å². The van der Waals surface area contributed by atoms with Crippen LogP contribution in [-0.4, -0.2) is 72.5 Å². The number of ether oxygens (including phenoxy) is 1. The number of hydrogen-bond acceptors (Lipinski definition) is 8. The summed E-state index contributed by atoms with van der Waals surface area (Å²) in [7, 11) is 0. The zero-order chi connectivity index (χ0) is 23.7. The molecular weight excluding hydrogens is 481 g/mol. The Hall–Kier alpha value is -3.31. The lowest BCUT2D eigenvalue weighted by atomic mass is 10.1. The standard InChI is InChI=1S/C22H19Cl2N7O3/c23-15-4-3-5-16(24)19(15)31-10-14-20(29-31)26-12-27-22(14)34-17(11-30-8-13(32)9-30)21(33)28-18-6-1-2-7-25-18/h1-7,10,12-13,17,32H,8-9,11H2,(H,25,28,33)/t17-/m0/s1. The van der Waals surface area contributed by atoms with Crippen molar-refractivity contribution < 1.29 is 14.6 Å². The van der Waals surface area contributed by atoms with Crippen molar-refractivity contribution in [3.63, 3.8) is 0 Å². The summed E-state index contributed by atoms with van der Waals surface area (Å²) >= 11 is 12.7. The summed E-state index contributed by atoms with van der Waals surface area (Å²) in [5, 5.41) is 18.2. The second-order valence-corrected chi connectivity index (χ2v) is 8.56. The second-order valence-electron chi connectivity index (χ2n) is 7.74. The molecule has 4 aromatic rings. The molecule has 4 heterocycles. The number of carbonyl (C=O) groups is 1. The predicted octanol–water partition coefficient (Wildman–Crippen LogP) is 2.58. The molecule has 0 aliphatic carbocycles. The van der Waals surface area contributed by atoms with Gasteiger partial charge in [-0.3, -0.25) is 9.69 Å². The van der Waals surface area contributed by atoms with E-state index >= 15 is 0 Å². The van der Waals surface area contributed by atoms with E-state index in [4.69, 9.17) is 27.9 Å². The number of para-hydroxylation sites is 1. The second kappa shape index (κ2) is 9.51. The highest BCUT2D eigenvalue weighted by atomic mass is 35.5. The van der Waals surface area contributed by atoms with Crippen LogP contribution in [0.3, 0.4) is 0 Å². The van der Waals surface area contributed by atoms with E-state index in [0.717, 1.165) is 0 Å². The number of aromatic nitrogens is 5. The number of benzene rings is 1. The van der Waals surface area contributed by atoms with Crippen LogP contribution >= 0.6 is 23.2 Å².